The number of hydrogen-bond donors (Lipinski definition) is 1. The molecule has 0 spiro atoms. The second kappa shape index (κ2) is 5.06. The third-order valence-electron chi connectivity index (χ3n) is 2.69. The first-order chi connectivity index (χ1) is 8.15. The molecule has 1 aliphatic heterocycles. The molecule has 0 fully saturated rings. The van der Waals surface area contributed by atoms with Gasteiger partial charge in [-0.3, -0.25) is 4.79 Å². The predicted molar refractivity (Wildman–Crippen MR) is 67.9 cm³/mol. The van der Waals surface area contributed by atoms with Crippen LogP contribution in [0.25, 0.3) is 0 Å². The lowest BCUT2D eigenvalue weighted by molar-refractivity contribution is 0.0983. The topological polar surface area (TPSA) is 61.6 Å². The summed E-state index contributed by atoms with van der Waals surface area (Å²) < 4.78 is 11.8. The van der Waals surface area contributed by atoms with E-state index < -0.39 is 0 Å². The number of halogens is 1. The van der Waals surface area contributed by atoms with Crippen molar-refractivity contribution in [3.63, 3.8) is 0 Å². The SMILES string of the molecule is Cc1c(C(=O)CCN)cc(Br)c2c1OCCO2. The Hall–Kier alpha value is -1.07. The molecule has 92 valence electrons. The van der Waals surface area contributed by atoms with E-state index >= 15 is 0 Å². The number of ether oxygens (including phenoxy) is 2. The highest BCUT2D eigenvalue weighted by molar-refractivity contribution is 9.10. The Morgan fingerprint density at radius 2 is 2.06 bits per heavy atom. The van der Waals surface area contributed by atoms with Crippen LogP contribution in [0.1, 0.15) is 22.3 Å². The molecule has 5 heteroatoms. The highest BCUT2D eigenvalue weighted by Gasteiger charge is 2.22. The van der Waals surface area contributed by atoms with Crippen LogP contribution in [0.2, 0.25) is 0 Å². The Morgan fingerprint density at radius 1 is 1.41 bits per heavy atom. The van der Waals surface area contributed by atoms with Crippen LogP contribution in [0, 0.1) is 6.92 Å². The maximum atomic E-state index is 11.9. The fourth-order valence-electron chi connectivity index (χ4n) is 1.85. The van der Waals surface area contributed by atoms with Crippen LogP contribution in [0.4, 0.5) is 0 Å². The Labute approximate surface area is 108 Å². The molecule has 0 aromatic heterocycles. The van der Waals surface area contributed by atoms with Crippen LogP contribution in [-0.4, -0.2) is 25.5 Å². The summed E-state index contributed by atoms with van der Waals surface area (Å²) >= 11 is 3.40. The molecule has 1 heterocycles. The molecule has 1 aromatic carbocycles. The standard InChI is InChI=1S/C12H14BrNO3/c1-7-8(10(15)2-3-14)6-9(13)12-11(7)16-4-5-17-12/h6H,2-5,14H2,1H3. The van der Waals surface area contributed by atoms with Crippen LogP contribution in [0.3, 0.4) is 0 Å². The lowest BCUT2D eigenvalue weighted by Crippen LogP contribution is -2.18. The van der Waals surface area contributed by atoms with Crippen molar-refractivity contribution in [3.8, 4) is 11.5 Å². The molecule has 2 rings (SSSR count). The minimum Gasteiger partial charge on any atom is -0.486 e. The molecule has 2 N–H and O–H groups in total. The maximum Gasteiger partial charge on any atom is 0.175 e. The first-order valence-electron chi connectivity index (χ1n) is 5.47. The van der Waals surface area contributed by atoms with Crippen LogP contribution < -0.4 is 15.2 Å². The first-order valence-corrected chi connectivity index (χ1v) is 6.26. The number of Topliss-reactive ketones (excluding diaryl/α,β-unsaturated/α-hetero) is 1. The monoisotopic (exact) mass is 299 g/mol. The highest BCUT2D eigenvalue weighted by Crippen LogP contribution is 2.42. The zero-order chi connectivity index (χ0) is 12.4. The van der Waals surface area contributed by atoms with Gasteiger partial charge in [-0.05, 0) is 35.5 Å². The van der Waals surface area contributed by atoms with Crippen molar-refractivity contribution < 1.29 is 14.3 Å². The summed E-state index contributed by atoms with van der Waals surface area (Å²) in [5.74, 6) is 1.37. The number of carbonyl (C=O) groups is 1. The van der Waals surface area contributed by atoms with E-state index in [1.807, 2.05) is 6.92 Å². The zero-order valence-electron chi connectivity index (χ0n) is 9.59. The van der Waals surface area contributed by atoms with E-state index in [0.29, 0.717) is 43.2 Å². The Kier molecular flexibility index (Phi) is 3.69. The van der Waals surface area contributed by atoms with E-state index in [9.17, 15) is 4.79 Å². The summed E-state index contributed by atoms with van der Waals surface area (Å²) in [6.07, 6.45) is 0.340. The third-order valence-corrected chi connectivity index (χ3v) is 3.28. The number of fused-ring (bicyclic) bond motifs is 1. The van der Waals surface area contributed by atoms with E-state index in [1.54, 1.807) is 6.07 Å². The number of nitrogens with two attached hydrogens (primary N) is 1. The van der Waals surface area contributed by atoms with Gasteiger partial charge in [0, 0.05) is 17.5 Å². The quantitative estimate of drug-likeness (QED) is 0.868. The molecule has 0 saturated heterocycles. The van der Waals surface area contributed by atoms with Gasteiger partial charge < -0.3 is 15.2 Å². The lowest BCUT2D eigenvalue weighted by Gasteiger charge is -2.22. The molecule has 1 aromatic rings. The molecule has 0 aliphatic carbocycles. The molecule has 0 radical (unpaired) electrons. The minimum absolute atomic E-state index is 0.0303. The molecular formula is C12H14BrNO3. The highest BCUT2D eigenvalue weighted by atomic mass is 79.9. The Bertz CT molecular complexity index is 460. The zero-order valence-corrected chi connectivity index (χ0v) is 11.2. The average molecular weight is 300 g/mol. The van der Waals surface area contributed by atoms with Crippen LogP contribution >= 0.6 is 15.9 Å². The largest absolute Gasteiger partial charge is 0.486 e. The van der Waals surface area contributed by atoms with Crippen LogP contribution in [0.15, 0.2) is 10.5 Å². The van der Waals surface area contributed by atoms with Gasteiger partial charge in [0.1, 0.15) is 13.2 Å². The summed E-state index contributed by atoms with van der Waals surface area (Å²) in [7, 11) is 0. The summed E-state index contributed by atoms with van der Waals surface area (Å²) in [5.41, 5.74) is 6.87. The molecule has 0 bridgehead atoms. The van der Waals surface area contributed by atoms with Crippen molar-refractivity contribution in [2.45, 2.75) is 13.3 Å². The van der Waals surface area contributed by atoms with E-state index in [0.717, 1.165) is 10.0 Å². The second-order valence-corrected chi connectivity index (χ2v) is 4.70. The average Bonchev–Trinajstić information content (AvgIpc) is 2.34. The molecule has 0 unspecified atom stereocenters. The molecule has 4 nitrogen and oxygen atoms in total. The maximum absolute atomic E-state index is 11.9. The summed E-state index contributed by atoms with van der Waals surface area (Å²) in [6.45, 7) is 3.25. The molecule has 1 aliphatic rings. The van der Waals surface area contributed by atoms with Gasteiger partial charge in [-0.1, -0.05) is 0 Å². The van der Waals surface area contributed by atoms with E-state index in [1.165, 1.54) is 0 Å². The number of hydrogen-bond acceptors (Lipinski definition) is 4. The van der Waals surface area contributed by atoms with Gasteiger partial charge in [-0.25, -0.2) is 0 Å². The van der Waals surface area contributed by atoms with Crippen molar-refractivity contribution in [2.75, 3.05) is 19.8 Å². The van der Waals surface area contributed by atoms with Gasteiger partial charge in [-0.15, -0.1) is 0 Å². The fourth-order valence-corrected chi connectivity index (χ4v) is 2.38. The van der Waals surface area contributed by atoms with Crippen LogP contribution in [0.5, 0.6) is 11.5 Å². The Balaban J connectivity index is 2.48. The second-order valence-electron chi connectivity index (χ2n) is 3.85. The van der Waals surface area contributed by atoms with Gasteiger partial charge in [0.25, 0.3) is 0 Å². The molecule has 0 amide bonds. The van der Waals surface area contributed by atoms with Crippen molar-refractivity contribution in [1.29, 1.82) is 0 Å². The van der Waals surface area contributed by atoms with Crippen molar-refractivity contribution in [3.05, 3.63) is 21.7 Å². The van der Waals surface area contributed by atoms with Gasteiger partial charge >= 0.3 is 0 Å². The lowest BCUT2D eigenvalue weighted by atomic mass is 10.0. The van der Waals surface area contributed by atoms with E-state index in [-0.39, 0.29) is 5.78 Å². The van der Waals surface area contributed by atoms with E-state index in [4.69, 9.17) is 15.2 Å². The van der Waals surface area contributed by atoms with Crippen LogP contribution in [-0.2, 0) is 0 Å². The van der Waals surface area contributed by atoms with Crippen molar-refractivity contribution >= 4 is 21.7 Å². The molecule has 0 atom stereocenters. The minimum atomic E-state index is 0.0303. The molecular weight excluding hydrogens is 286 g/mol. The summed E-state index contributed by atoms with van der Waals surface area (Å²) in [4.78, 5) is 11.9. The summed E-state index contributed by atoms with van der Waals surface area (Å²) in [6, 6.07) is 1.78. The van der Waals surface area contributed by atoms with Gasteiger partial charge in [0.15, 0.2) is 17.3 Å². The molecule has 0 saturated carbocycles. The van der Waals surface area contributed by atoms with Gasteiger partial charge in [-0.2, -0.15) is 0 Å². The van der Waals surface area contributed by atoms with Gasteiger partial charge in [0.2, 0.25) is 0 Å². The molecule has 17 heavy (non-hydrogen) atoms. The van der Waals surface area contributed by atoms with Crippen molar-refractivity contribution in [2.24, 2.45) is 5.73 Å². The predicted octanol–water partition coefficient (Wildman–Crippen LogP) is 2.06. The number of ketones is 1. The van der Waals surface area contributed by atoms with E-state index in [2.05, 4.69) is 15.9 Å². The first kappa shape index (κ1) is 12.4. The normalized spacial score (nSPS) is 13.6. The number of rotatable bonds is 3. The number of benzene rings is 1. The van der Waals surface area contributed by atoms with Gasteiger partial charge in [0.05, 0.1) is 4.47 Å². The van der Waals surface area contributed by atoms with Crippen molar-refractivity contribution in [1.82, 2.24) is 0 Å². The Morgan fingerprint density at radius 3 is 2.71 bits per heavy atom. The fraction of sp³-hybridized carbons (Fsp3) is 0.417. The summed E-state index contributed by atoms with van der Waals surface area (Å²) in [5, 5.41) is 0. The smallest absolute Gasteiger partial charge is 0.175 e. The third kappa shape index (κ3) is 2.30. The number of carbonyl (C=O) groups excluding carboxylic acids is 1.